The van der Waals surface area contributed by atoms with E-state index < -0.39 is 5.41 Å². The van der Waals surface area contributed by atoms with E-state index in [0.717, 1.165) is 28.1 Å². The molecule has 7 aromatic rings. The lowest BCUT2D eigenvalue weighted by molar-refractivity contribution is 0.528. The molecule has 2 aliphatic carbocycles. The first-order valence-electron chi connectivity index (χ1n) is 16.5. The quantitative estimate of drug-likeness (QED) is 0.201. The molecule has 0 bridgehead atoms. The molecule has 6 aromatic carbocycles. The molecular weight excluding hydrogens is 571 g/mol. The van der Waals surface area contributed by atoms with Gasteiger partial charge in [-0.25, -0.2) is 4.98 Å². The number of hydrogen-bond donors (Lipinski definition) is 0. The minimum Gasteiger partial charge on any atom is -0.224 e. The van der Waals surface area contributed by atoms with Gasteiger partial charge in [-0.05, 0) is 50.4 Å². The summed E-state index contributed by atoms with van der Waals surface area (Å²) in [6.45, 7) is 4.69. The van der Waals surface area contributed by atoms with Crippen LogP contribution in [0.25, 0.3) is 45.0 Å². The summed E-state index contributed by atoms with van der Waals surface area (Å²) in [7, 11) is 0. The van der Waals surface area contributed by atoms with Crippen molar-refractivity contribution in [3.05, 3.63) is 185 Å². The lowest BCUT2D eigenvalue weighted by atomic mass is 9.57. The van der Waals surface area contributed by atoms with Crippen molar-refractivity contribution in [3.63, 3.8) is 0 Å². The maximum absolute atomic E-state index is 5.24. The second-order valence-electron chi connectivity index (χ2n) is 13.0. The lowest BCUT2D eigenvalue weighted by Crippen LogP contribution is -2.37. The van der Waals surface area contributed by atoms with Crippen molar-refractivity contribution in [2.45, 2.75) is 25.2 Å². The number of nitrogens with zero attached hydrogens (tertiary/aromatic N) is 3. The van der Waals surface area contributed by atoms with Crippen LogP contribution < -0.4 is 0 Å². The second kappa shape index (κ2) is 10.7. The summed E-state index contributed by atoms with van der Waals surface area (Å²) in [6.07, 6.45) is 0. The normalized spacial score (nSPS) is 15.2. The summed E-state index contributed by atoms with van der Waals surface area (Å²) in [6, 6.07) is 54.5. The van der Waals surface area contributed by atoms with Crippen molar-refractivity contribution in [3.8, 4) is 45.0 Å². The third-order valence-corrected chi connectivity index (χ3v) is 10.2. The minimum absolute atomic E-state index is 0.155. The third kappa shape index (κ3) is 3.96. The van der Waals surface area contributed by atoms with E-state index >= 15 is 0 Å². The van der Waals surface area contributed by atoms with Crippen molar-refractivity contribution in [1.29, 1.82) is 0 Å². The second-order valence-corrected chi connectivity index (χ2v) is 13.0. The zero-order valence-electron chi connectivity index (χ0n) is 26.4. The molecule has 1 aromatic heterocycles. The van der Waals surface area contributed by atoms with Gasteiger partial charge in [0.1, 0.15) is 11.4 Å². The molecule has 47 heavy (non-hydrogen) atoms. The molecule has 0 N–H and O–H groups in total. The molecule has 0 saturated heterocycles. The third-order valence-electron chi connectivity index (χ3n) is 10.2. The van der Waals surface area contributed by atoms with Crippen LogP contribution in [0.1, 0.15) is 53.1 Å². The van der Waals surface area contributed by atoms with Crippen LogP contribution >= 0.6 is 0 Å². The first kappa shape index (κ1) is 27.6. The number of aromatic nitrogens is 3. The summed E-state index contributed by atoms with van der Waals surface area (Å²) in [4.78, 5) is 5.24. The maximum atomic E-state index is 5.24. The van der Waals surface area contributed by atoms with Crippen LogP contribution in [-0.4, -0.2) is 15.2 Å². The molecule has 0 radical (unpaired) electrons. The molecule has 1 unspecified atom stereocenters. The Bertz CT molecular complexity index is 2240. The molecule has 3 nitrogen and oxygen atoms in total. The van der Waals surface area contributed by atoms with Crippen LogP contribution in [0.4, 0.5) is 0 Å². The fraction of sp³-hybridized carbons (Fsp3) is 0.114. The predicted molar refractivity (Wildman–Crippen MR) is 190 cm³/mol. The monoisotopic (exact) mass is 603 g/mol. The Kier molecular flexibility index (Phi) is 6.29. The SMILES string of the molecule is CC(C)C1c2ccccc2C2(c3ccccc3-c3ccccc32)c2cccc(-c3nnc(-c4ccccc4)nc3-c3ccccc3)c21. The molecule has 2 aliphatic rings. The zero-order valence-corrected chi connectivity index (χ0v) is 26.4. The summed E-state index contributed by atoms with van der Waals surface area (Å²) < 4.78 is 0. The Morgan fingerprint density at radius 2 is 1.00 bits per heavy atom. The number of fused-ring (bicyclic) bond motifs is 9. The van der Waals surface area contributed by atoms with Crippen LogP contribution in [0.5, 0.6) is 0 Å². The highest BCUT2D eigenvalue weighted by Crippen LogP contribution is 2.62. The van der Waals surface area contributed by atoms with Crippen molar-refractivity contribution >= 4 is 0 Å². The van der Waals surface area contributed by atoms with E-state index in [0.29, 0.717) is 11.7 Å². The Hall–Kier alpha value is -5.67. The highest BCUT2D eigenvalue weighted by atomic mass is 15.2. The largest absolute Gasteiger partial charge is 0.224 e. The molecular formula is C44H33N3. The average Bonchev–Trinajstić information content (AvgIpc) is 3.43. The molecule has 9 rings (SSSR count). The van der Waals surface area contributed by atoms with Crippen LogP contribution in [0.15, 0.2) is 152 Å². The number of benzene rings is 6. The number of rotatable bonds is 4. The van der Waals surface area contributed by atoms with Crippen molar-refractivity contribution < 1.29 is 0 Å². The van der Waals surface area contributed by atoms with E-state index in [2.05, 4.69) is 129 Å². The van der Waals surface area contributed by atoms with Gasteiger partial charge in [0.05, 0.1) is 5.41 Å². The summed E-state index contributed by atoms with van der Waals surface area (Å²) in [5, 5.41) is 9.83. The van der Waals surface area contributed by atoms with Crippen molar-refractivity contribution in [2.75, 3.05) is 0 Å². The van der Waals surface area contributed by atoms with Gasteiger partial charge >= 0.3 is 0 Å². The predicted octanol–water partition coefficient (Wildman–Crippen LogP) is 10.3. The zero-order chi connectivity index (χ0) is 31.5. The van der Waals surface area contributed by atoms with Gasteiger partial charge in [-0.15, -0.1) is 10.2 Å². The van der Waals surface area contributed by atoms with Gasteiger partial charge in [-0.1, -0.05) is 166 Å². The van der Waals surface area contributed by atoms with E-state index in [-0.39, 0.29) is 5.92 Å². The minimum atomic E-state index is -0.460. The lowest BCUT2D eigenvalue weighted by Gasteiger charge is -2.45. The van der Waals surface area contributed by atoms with Crippen LogP contribution in [0.3, 0.4) is 0 Å². The molecule has 0 saturated carbocycles. The van der Waals surface area contributed by atoms with E-state index in [9.17, 15) is 0 Å². The Morgan fingerprint density at radius 1 is 0.468 bits per heavy atom. The van der Waals surface area contributed by atoms with Gasteiger partial charge in [0.2, 0.25) is 0 Å². The van der Waals surface area contributed by atoms with Crippen LogP contribution in [0.2, 0.25) is 0 Å². The Balaban J connectivity index is 1.40. The Labute approximate surface area is 275 Å². The topological polar surface area (TPSA) is 38.7 Å². The van der Waals surface area contributed by atoms with Crippen molar-refractivity contribution in [1.82, 2.24) is 15.2 Å². The highest BCUT2D eigenvalue weighted by molar-refractivity contribution is 5.90. The Morgan fingerprint density at radius 3 is 1.66 bits per heavy atom. The smallest absolute Gasteiger partial charge is 0.182 e. The fourth-order valence-electron chi connectivity index (χ4n) is 8.37. The van der Waals surface area contributed by atoms with Gasteiger partial charge < -0.3 is 0 Å². The average molecular weight is 604 g/mol. The maximum Gasteiger partial charge on any atom is 0.182 e. The van der Waals surface area contributed by atoms with Gasteiger partial charge in [0.15, 0.2) is 5.82 Å². The standard InChI is InChI=1S/C44H33N3/c1-28(2)39-33-22-11-14-26-37(33)44(35-24-12-9-20-31(35)32-21-10-13-25-36(32)44)38-27-15-23-34(40(38)39)42-41(29-16-5-3-6-17-29)45-43(47-46-42)30-18-7-4-8-19-30/h3-28,39H,1-2H3. The summed E-state index contributed by atoms with van der Waals surface area (Å²) >= 11 is 0. The van der Waals surface area contributed by atoms with E-state index in [1.165, 1.54) is 44.5 Å². The van der Waals surface area contributed by atoms with Crippen LogP contribution in [-0.2, 0) is 5.41 Å². The molecule has 1 heterocycles. The van der Waals surface area contributed by atoms with Crippen molar-refractivity contribution in [2.24, 2.45) is 5.92 Å². The molecule has 1 spiro atoms. The number of hydrogen-bond acceptors (Lipinski definition) is 3. The van der Waals surface area contributed by atoms with Gasteiger partial charge in [-0.3, -0.25) is 0 Å². The first-order valence-corrected chi connectivity index (χ1v) is 16.5. The van der Waals surface area contributed by atoms with Gasteiger partial charge in [0.25, 0.3) is 0 Å². The molecule has 1 atom stereocenters. The fourth-order valence-corrected chi connectivity index (χ4v) is 8.37. The van der Waals surface area contributed by atoms with Gasteiger partial charge in [-0.2, -0.15) is 0 Å². The van der Waals surface area contributed by atoms with Gasteiger partial charge in [0, 0.05) is 22.6 Å². The highest BCUT2D eigenvalue weighted by Gasteiger charge is 2.52. The van der Waals surface area contributed by atoms with E-state index in [1.807, 2.05) is 36.4 Å². The molecule has 3 heteroatoms. The molecule has 224 valence electrons. The van der Waals surface area contributed by atoms with E-state index in [1.54, 1.807) is 0 Å². The molecule has 0 fully saturated rings. The summed E-state index contributed by atoms with van der Waals surface area (Å²) in [5.74, 6) is 1.12. The molecule has 0 aliphatic heterocycles. The molecule has 0 amide bonds. The summed E-state index contributed by atoms with van der Waals surface area (Å²) in [5.41, 5.74) is 14.9. The first-order chi connectivity index (χ1) is 23.2. The van der Waals surface area contributed by atoms with E-state index in [4.69, 9.17) is 15.2 Å². The van der Waals surface area contributed by atoms with Crippen LogP contribution in [0, 0.1) is 5.92 Å².